The molecule has 0 radical (unpaired) electrons. The molecule has 1 heterocycles. The molecule has 1 saturated heterocycles. The summed E-state index contributed by atoms with van der Waals surface area (Å²) in [4.78, 5) is 27.2. The standard InChI is InChI=1S/C21H20Cl3NO2/c1-21(19(26)9-4-14-2-6-16(22)7-3-14)10-11-25(21)20(27)12-15-5-8-17(23)13-18(15)24/h2-3,5-8,13H,4,9-12H2,1H3. The molecule has 3 nitrogen and oxygen atoms in total. The highest BCUT2D eigenvalue weighted by Crippen LogP contribution is 2.34. The minimum absolute atomic E-state index is 0.0826. The number of amides is 1. The van der Waals surface area contributed by atoms with Gasteiger partial charge in [0.15, 0.2) is 5.78 Å². The number of hydrogen-bond acceptors (Lipinski definition) is 2. The van der Waals surface area contributed by atoms with Crippen molar-refractivity contribution in [2.24, 2.45) is 0 Å². The maximum Gasteiger partial charge on any atom is 0.227 e. The minimum Gasteiger partial charge on any atom is -0.330 e. The van der Waals surface area contributed by atoms with Crippen LogP contribution < -0.4 is 0 Å². The van der Waals surface area contributed by atoms with Crippen LogP contribution in [0.25, 0.3) is 0 Å². The Labute approximate surface area is 174 Å². The third-order valence-corrected chi connectivity index (χ3v) is 6.07. The van der Waals surface area contributed by atoms with E-state index >= 15 is 0 Å². The van der Waals surface area contributed by atoms with Crippen molar-refractivity contribution >= 4 is 46.5 Å². The molecule has 1 aliphatic rings. The van der Waals surface area contributed by atoms with Crippen molar-refractivity contribution < 1.29 is 9.59 Å². The number of likely N-dealkylation sites (tertiary alicyclic amines) is 1. The Hall–Kier alpha value is -1.55. The summed E-state index contributed by atoms with van der Waals surface area (Å²) in [5.74, 6) is -0.00734. The Morgan fingerprint density at radius 1 is 1.04 bits per heavy atom. The molecule has 1 amide bonds. The van der Waals surface area contributed by atoms with Crippen LogP contribution >= 0.6 is 34.8 Å². The molecule has 27 heavy (non-hydrogen) atoms. The molecule has 0 aromatic heterocycles. The van der Waals surface area contributed by atoms with E-state index in [1.807, 2.05) is 31.2 Å². The van der Waals surface area contributed by atoms with Crippen LogP contribution in [-0.4, -0.2) is 28.7 Å². The molecule has 0 N–H and O–H groups in total. The number of nitrogens with zero attached hydrogens (tertiary/aromatic N) is 1. The molecule has 6 heteroatoms. The van der Waals surface area contributed by atoms with E-state index in [1.54, 1.807) is 23.1 Å². The number of carbonyl (C=O) groups is 2. The monoisotopic (exact) mass is 423 g/mol. The lowest BCUT2D eigenvalue weighted by Crippen LogP contribution is -2.65. The van der Waals surface area contributed by atoms with Crippen molar-refractivity contribution in [3.8, 4) is 0 Å². The number of Topliss-reactive ketones (excluding diaryl/α,β-unsaturated/α-hetero) is 1. The van der Waals surface area contributed by atoms with Crippen LogP contribution in [0.4, 0.5) is 0 Å². The molecule has 1 unspecified atom stereocenters. The topological polar surface area (TPSA) is 37.4 Å². The average molecular weight is 425 g/mol. The summed E-state index contributed by atoms with van der Waals surface area (Å²) in [6.45, 7) is 2.44. The van der Waals surface area contributed by atoms with Gasteiger partial charge in [-0.2, -0.15) is 0 Å². The van der Waals surface area contributed by atoms with Gasteiger partial charge in [0.2, 0.25) is 5.91 Å². The maximum absolute atomic E-state index is 12.8. The normalized spacial score (nSPS) is 18.9. The molecule has 2 aromatic rings. The number of benzene rings is 2. The van der Waals surface area contributed by atoms with Crippen molar-refractivity contribution in [3.63, 3.8) is 0 Å². The minimum atomic E-state index is -0.734. The van der Waals surface area contributed by atoms with Crippen molar-refractivity contribution in [2.75, 3.05) is 6.54 Å². The van der Waals surface area contributed by atoms with Crippen molar-refractivity contribution in [1.82, 2.24) is 4.90 Å². The Bertz CT molecular complexity index is 866. The van der Waals surface area contributed by atoms with Gasteiger partial charge in [0.25, 0.3) is 0 Å². The van der Waals surface area contributed by atoms with Gasteiger partial charge in [-0.05, 0) is 55.2 Å². The van der Waals surface area contributed by atoms with Crippen molar-refractivity contribution in [3.05, 3.63) is 68.7 Å². The Morgan fingerprint density at radius 3 is 2.30 bits per heavy atom. The van der Waals surface area contributed by atoms with Gasteiger partial charge in [-0.3, -0.25) is 9.59 Å². The van der Waals surface area contributed by atoms with E-state index in [4.69, 9.17) is 34.8 Å². The van der Waals surface area contributed by atoms with Crippen molar-refractivity contribution in [2.45, 2.75) is 38.1 Å². The molecule has 0 bridgehead atoms. The first kappa shape index (κ1) is 20.2. The number of aryl methyl sites for hydroxylation is 1. The summed E-state index contributed by atoms with van der Waals surface area (Å²) in [5, 5.41) is 1.67. The lowest BCUT2D eigenvalue weighted by atomic mass is 9.80. The summed E-state index contributed by atoms with van der Waals surface area (Å²) in [7, 11) is 0. The fourth-order valence-electron chi connectivity index (χ4n) is 3.35. The van der Waals surface area contributed by atoms with E-state index in [0.717, 1.165) is 5.56 Å². The third-order valence-electron chi connectivity index (χ3n) is 5.23. The summed E-state index contributed by atoms with van der Waals surface area (Å²) in [5.41, 5.74) is 1.04. The van der Waals surface area contributed by atoms with Gasteiger partial charge < -0.3 is 4.90 Å². The largest absolute Gasteiger partial charge is 0.330 e. The molecule has 142 valence electrons. The van der Waals surface area contributed by atoms with Gasteiger partial charge in [-0.25, -0.2) is 0 Å². The van der Waals surface area contributed by atoms with E-state index in [2.05, 4.69) is 0 Å². The zero-order valence-electron chi connectivity index (χ0n) is 15.0. The van der Waals surface area contributed by atoms with E-state index < -0.39 is 5.54 Å². The third kappa shape index (κ3) is 4.48. The number of carbonyl (C=O) groups excluding carboxylic acids is 2. The van der Waals surface area contributed by atoms with E-state index in [-0.39, 0.29) is 18.1 Å². The molecular formula is C21H20Cl3NO2. The summed E-state index contributed by atoms with van der Waals surface area (Å²) < 4.78 is 0. The summed E-state index contributed by atoms with van der Waals surface area (Å²) in [6.07, 6.45) is 1.88. The van der Waals surface area contributed by atoms with Crippen LogP contribution in [0.15, 0.2) is 42.5 Å². The predicted octanol–water partition coefficient (Wildman–Crippen LogP) is 5.38. The Morgan fingerprint density at radius 2 is 1.70 bits per heavy atom. The number of ketones is 1. The average Bonchev–Trinajstić information content (AvgIpc) is 2.61. The second-order valence-corrected chi connectivity index (χ2v) is 8.31. The first-order chi connectivity index (χ1) is 12.8. The van der Waals surface area contributed by atoms with Crippen LogP contribution in [0, 0.1) is 0 Å². The highest BCUT2D eigenvalue weighted by molar-refractivity contribution is 6.35. The number of rotatable bonds is 6. The van der Waals surface area contributed by atoms with Crippen molar-refractivity contribution in [1.29, 1.82) is 0 Å². The fourth-order valence-corrected chi connectivity index (χ4v) is 3.95. The highest BCUT2D eigenvalue weighted by Gasteiger charge is 2.48. The summed E-state index contributed by atoms with van der Waals surface area (Å²) in [6, 6.07) is 12.6. The van der Waals surface area contributed by atoms with Crippen LogP contribution in [-0.2, 0) is 22.4 Å². The second-order valence-electron chi connectivity index (χ2n) is 7.03. The SMILES string of the molecule is CC1(C(=O)CCc2ccc(Cl)cc2)CCN1C(=O)Cc1ccc(Cl)cc1Cl. The number of halogens is 3. The van der Waals surface area contributed by atoms with Crippen LogP contribution in [0.2, 0.25) is 15.1 Å². The second kappa shape index (κ2) is 8.22. The molecule has 1 fully saturated rings. The van der Waals surface area contributed by atoms with Crippen LogP contribution in [0.3, 0.4) is 0 Å². The van der Waals surface area contributed by atoms with E-state index in [9.17, 15) is 9.59 Å². The van der Waals surface area contributed by atoms with Gasteiger partial charge in [-0.1, -0.05) is 53.0 Å². The first-order valence-corrected chi connectivity index (χ1v) is 9.95. The molecule has 1 atom stereocenters. The molecular weight excluding hydrogens is 405 g/mol. The zero-order valence-corrected chi connectivity index (χ0v) is 17.2. The summed E-state index contributed by atoms with van der Waals surface area (Å²) >= 11 is 18.0. The van der Waals surface area contributed by atoms with Gasteiger partial charge in [0.1, 0.15) is 5.54 Å². The zero-order chi connectivity index (χ0) is 19.6. The highest BCUT2D eigenvalue weighted by atomic mass is 35.5. The van der Waals surface area contributed by atoms with Gasteiger partial charge in [0.05, 0.1) is 6.42 Å². The predicted molar refractivity (Wildman–Crippen MR) is 110 cm³/mol. The first-order valence-electron chi connectivity index (χ1n) is 8.82. The van der Waals surface area contributed by atoms with Crippen LogP contribution in [0.5, 0.6) is 0 Å². The van der Waals surface area contributed by atoms with E-state index in [0.29, 0.717) is 46.4 Å². The lowest BCUT2D eigenvalue weighted by Gasteiger charge is -2.49. The van der Waals surface area contributed by atoms with Gasteiger partial charge in [0, 0.05) is 28.0 Å². The number of hydrogen-bond donors (Lipinski definition) is 0. The molecule has 2 aromatic carbocycles. The van der Waals surface area contributed by atoms with E-state index in [1.165, 1.54) is 0 Å². The smallest absolute Gasteiger partial charge is 0.227 e. The van der Waals surface area contributed by atoms with Crippen LogP contribution in [0.1, 0.15) is 30.9 Å². The lowest BCUT2D eigenvalue weighted by molar-refractivity contribution is -0.155. The molecule has 0 spiro atoms. The Kier molecular flexibility index (Phi) is 6.15. The molecule has 0 aliphatic carbocycles. The fraction of sp³-hybridized carbons (Fsp3) is 0.333. The molecule has 1 aliphatic heterocycles. The Balaban J connectivity index is 1.62. The van der Waals surface area contributed by atoms with Gasteiger partial charge in [-0.15, -0.1) is 0 Å². The van der Waals surface area contributed by atoms with Gasteiger partial charge >= 0.3 is 0 Å². The maximum atomic E-state index is 12.8. The quantitative estimate of drug-likeness (QED) is 0.624. The molecule has 0 saturated carbocycles. The molecule has 3 rings (SSSR count).